The Morgan fingerprint density at radius 1 is 0.893 bits per heavy atom. The van der Waals surface area contributed by atoms with Crippen molar-refractivity contribution in [3.63, 3.8) is 0 Å². The molecule has 6 heteroatoms. The normalized spacial score (nSPS) is 14.0. The summed E-state index contributed by atoms with van der Waals surface area (Å²) in [6.45, 7) is 12.3. The third kappa shape index (κ3) is 9.53. The molecule has 0 unspecified atom stereocenters. The van der Waals surface area contributed by atoms with Gasteiger partial charge in [-0.2, -0.15) is 0 Å². The van der Waals surface area contributed by atoms with Crippen LogP contribution in [0.25, 0.3) is 0 Å². The van der Waals surface area contributed by atoms with Gasteiger partial charge in [0.25, 0.3) is 0 Å². The fourth-order valence-electron chi connectivity index (χ4n) is 2.56. The molecule has 0 aliphatic rings. The van der Waals surface area contributed by atoms with Gasteiger partial charge in [-0.15, -0.1) is 0 Å². The maximum Gasteiger partial charge on any atom is 0.310 e. The Balaban J connectivity index is 2.81. The second-order valence-corrected chi connectivity index (χ2v) is 8.92. The molecule has 1 N–H and O–H groups in total. The average Bonchev–Trinajstić information content (AvgIpc) is 2.51. The standard InChI is InChI=1S/C22H33NO5/c1-15(16-11-9-8-10-12-16)23-18(24)13-17(20(26)28-22(5,6)7)14-19(25)27-21(2,3)4/h8-12,15,17H,13-14H2,1-7H3,(H,23,24)/t15-,17+/m1/s1. The van der Waals surface area contributed by atoms with Gasteiger partial charge in [0.05, 0.1) is 18.4 Å². The van der Waals surface area contributed by atoms with Crippen LogP contribution in [0.1, 0.15) is 72.9 Å². The largest absolute Gasteiger partial charge is 0.460 e. The molecule has 1 aromatic rings. The molecule has 0 aromatic heterocycles. The molecule has 0 bridgehead atoms. The third-order valence-corrected chi connectivity index (χ3v) is 3.68. The van der Waals surface area contributed by atoms with Crippen molar-refractivity contribution in [2.75, 3.05) is 0 Å². The number of rotatable bonds is 7. The smallest absolute Gasteiger partial charge is 0.310 e. The lowest BCUT2D eigenvalue weighted by atomic mass is 9.99. The Morgan fingerprint density at radius 2 is 1.43 bits per heavy atom. The average molecular weight is 392 g/mol. The van der Waals surface area contributed by atoms with Crippen LogP contribution < -0.4 is 5.32 Å². The predicted octanol–water partition coefficient (Wildman–Crippen LogP) is 3.94. The zero-order valence-corrected chi connectivity index (χ0v) is 18.0. The van der Waals surface area contributed by atoms with Gasteiger partial charge in [-0.1, -0.05) is 30.3 Å². The molecule has 0 saturated carbocycles. The van der Waals surface area contributed by atoms with E-state index < -0.39 is 29.1 Å². The van der Waals surface area contributed by atoms with Gasteiger partial charge in [-0.25, -0.2) is 0 Å². The fraction of sp³-hybridized carbons (Fsp3) is 0.591. The highest BCUT2D eigenvalue weighted by Gasteiger charge is 2.31. The van der Waals surface area contributed by atoms with E-state index in [9.17, 15) is 14.4 Å². The van der Waals surface area contributed by atoms with Crippen LogP contribution in [0.5, 0.6) is 0 Å². The molecule has 1 amide bonds. The molecule has 1 aromatic carbocycles. The van der Waals surface area contributed by atoms with E-state index in [4.69, 9.17) is 9.47 Å². The summed E-state index contributed by atoms with van der Waals surface area (Å²) in [5.41, 5.74) is -0.423. The van der Waals surface area contributed by atoms with Gasteiger partial charge in [0, 0.05) is 6.42 Å². The number of carbonyl (C=O) groups excluding carboxylic acids is 3. The number of carbonyl (C=O) groups is 3. The minimum absolute atomic E-state index is 0.147. The Labute approximate surface area is 168 Å². The van der Waals surface area contributed by atoms with Gasteiger partial charge in [0.15, 0.2) is 0 Å². The first kappa shape index (κ1) is 23.7. The summed E-state index contributed by atoms with van der Waals surface area (Å²) in [7, 11) is 0. The molecule has 0 saturated heterocycles. The fourth-order valence-corrected chi connectivity index (χ4v) is 2.56. The summed E-state index contributed by atoms with van der Waals surface area (Å²) >= 11 is 0. The lowest BCUT2D eigenvalue weighted by Crippen LogP contribution is -2.36. The Morgan fingerprint density at radius 3 is 1.93 bits per heavy atom. The van der Waals surface area contributed by atoms with Gasteiger partial charge in [0.1, 0.15) is 11.2 Å². The van der Waals surface area contributed by atoms with Crippen molar-refractivity contribution in [1.82, 2.24) is 5.32 Å². The van der Waals surface area contributed by atoms with Gasteiger partial charge >= 0.3 is 11.9 Å². The molecular formula is C22H33NO5. The van der Waals surface area contributed by atoms with E-state index in [2.05, 4.69) is 5.32 Å². The van der Waals surface area contributed by atoms with Crippen molar-refractivity contribution in [2.45, 2.75) is 78.6 Å². The minimum atomic E-state index is -0.906. The van der Waals surface area contributed by atoms with Crippen molar-refractivity contribution in [3.8, 4) is 0 Å². The highest BCUT2D eigenvalue weighted by Crippen LogP contribution is 2.20. The number of hydrogen-bond acceptors (Lipinski definition) is 5. The number of nitrogens with one attached hydrogen (secondary N) is 1. The first-order valence-corrected chi connectivity index (χ1v) is 9.56. The van der Waals surface area contributed by atoms with Crippen LogP contribution in [0.3, 0.4) is 0 Å². The summed E-state index contributed by atoms with van der Waals surface area (Å²) in [5.74, 6) is -2.35. The first-order valence-electron chi connectivity index (χ1n) is 9.56. The van der Waals surface area contributed by atoms with Crippen LogP contribution >= 0.6 is 0 Å². The molecule has 28 heavy (non-hydrogen) atoms. The summed E-state index contributed by atoms with van der Waals surface area (Å²) < 4.78 is 10.7. The SMILES string of the molecule is C[C@@H](NC(=O)C[C@@H](CC(=O)OC(C)(C)C)C(=O)OC(C)(C)C)c1ccccc1. The molecule has 0 fully saturated rings. The zero-order valence-electron chi connectivity index (χ0n) is 18.0. The topological polar surface area (TPSA) is 81.7 Å². The Kier molecular flexibility index (Phi) is 8.21. The summed E-state index contributed by atoms with van der Waals surface area (Å²) in [4.78, 5) is 37.2. The highest BCUT2D eigenvalue weighted by molar-refractivity contribution is 5.86. The molecule has 0 heterocycles. The maximum absolute atomic E-state index is 12.5. The molecule has 0 aliphatic carbocycles. The molecule has 156 valence electrons. The predicted molar refractivity (Wildman–Crippen MR) is 107 cm³/mol. The van der Waals surface area contributed by atoms with Gasteiger partial charge in [-0.3, -0.25) is 14.4 Å². The van der Waals surface area contributed by atoms with E-state index >= 15 is 0 Å². The molecule has 0 aliphatic heterocycles. The van der Waals surface area contributed by atoms with Crippen LogP contribution in [-0.2, 0) is 23.9 Å². The minimum Gasteiger partial charge on any atom is -0.460 e. The van der Waals surface area contributed by atoms with Crippen LogP contribution in [0, 0.1) is 5.92 Å². The monoisotopic (exact) mass is 391 g/mol. The van der Waals surface area contributed by atoms with E-state index in [1.165, 1.54) is 0 Å². The number of benzene rings is 1. The lowest BCUT2D eigenvalue weighted by Gasteiger charge is -2.25. The van der Waals surface area contributed by atoms with E-state index in [1.54, 1.807) is 41.5 Å². The first-order chi connectivity index (χ1) is 12.8. The Hall–Kier alpha value is -2.37. The van der Waals surface area contributed by atoms with E-state index in [-0.39, 0.29) is 24.8 Å². The van der Waals surface area contributed by atoms with E-state index in [1.807, 2.05) is 37.3 Å². The summed E-state index contributed by atoms with van der Waals surface area (Å²) in [6.07, 6.45) is -0.356. The van der Waals surface area contributed by atoms with Crippen LogP contribution in [0.4, 0.5) is 0 Å². The molecule has 2 atom stereocenters. The Bertz CT molecular complexity index is 670. The van der Waals surface area contributed by atoms with E-state index in [0.717, 1.165) is 5.56 Å². The van der Waals surface area contributed by atoms with Crippen molar-refractivity contribution < 1.29 is 23.9 Å². The molecule has 6 nitrogen and oxygen atoms in total. The maximum atomic E-state index is 12.5. The van der Waals surface area contributed by atoms with E-state index in [0.29, 0.717) is 0 Å². The molecule has 0 radical (unpaired) electrons. The second-order valence-electron chi connectivity index (χ2n) is 8.92. The summed E-state index contributed by atoms with van der Waals surface area (Å²) in [6, 6.07) is 9.30. The number of hydrogen-bond donors (Lipinski definition) is 1. The van der Waals surface area contributed by atoms with Crippen molar-refractivity contribution in [3.05, 3.63) is 35.9 Å². The third-order valence-electron chi connectivity index (χ3n) is 3.68. The van der Waals surface area contributed by atoms with Gasteiger partial charge < -0.3 is 14.8 Å². The lowest BCUT2D eigenvalue weighted by molar-refractivity contribution is -0.168. The highest BCUT2D eigenvalue weighted by atomic mass is 16.6. The van der Waals surface area contributed by atoms with Crippen LogP contribution in [-0.4, -0.2) is 29.0 Å². The number of ether oxygens (including phenoxy) is 2. The van der Waals surface area contributed by atoms with Crippen LogP contribution in [0.15, 0.2) is 30.3 Å². The molecule has 1 rings (SSSR count). The van der Waals surface area contributed by atoms with Crippen molar-refractivity contribution >= 4 is 17.8 Å². The van der Waals surface area contributed by atoms with Gasteiger partial charge in [0.2, 0.25) is 5.91 Å². The number of amides is 1. The zero-order chi connectivity index (χ0) is 21.5. The second kappa shape index (κ2) is 9.71. The quantitative estimate of drug-likeness (QED) is 0.712. The number of esters is 2. The van der Waals surface area contributed by atoms with Gasteiger partial charge in [-0.05, 0) is 54.0 Å². The summed E-state index contributed by atoms with van der Waals surface area (Å²) in [5, 5.41) is 2.87. The molecule has 0 spiro atoms. The molecular weight excluding hydrogens is 358 g/mol. The van der Waals surface area contributed by atoms with Crippen molar-refractivity contribution in [1.29, 1.82) is 0 Å². The van der Waals surface area contributed by atoms with Crippen molar-refractivity contribution in [2.24, 2.45) is 5.92 Å². The van der Waals surface area contributed by atoms with Crippen LogP contribution in [0.2, 0.25) is 0 Å².